The van der Waals surface area contributed by atoms with Crippen molar-refractivity contribution in [2.24, 2.45) is 0 Å². The van der Waals surface area contributed by atoms with Crippen molar-refractivity contribution in [2.75, 3.05) is 26.7 Å². The van der Waals surface area contributed by atoms with Gasteiger partial charge in [-0.25, -0.2) is 0 Å². The van der Waals surface area contributed by atoms with E-state index in [9.17, 15) is 4.79 Å². The van der Waals surface area contributed by atoms with Gasteiger partial charge in [0.15, 0.2) is 0 Å². The van der Waals surface area contributed by atoms with Crippen molar-refractivity contribution >= 4 is 5.91 Å². The van der Waals surface area contributed by atoms with E-state index in [1.54, 1.807) is 6.92 Å². The molecular formula is C12H28N2O. The Labute approximate surface area is 95.4 Å². The van der Waals surface area contributed by atoms with Gasteiger partial charge in [0.25, 0.3) is 0 Å². The van der Waals surface area contributed by atoms with Gasteiger partial charge in [-0.2, -0.15) is 0 Å². The van der Waals surface area contributed by atoms with E-state index < -0.39 is 0 Å². The summed E-state index contributed by atoms with van der Waals surface area (Å²) in [6.45, 7) is 14.6. The lowest BCUT2D eigenvalue weighted by Gasteiger charge is -2.37. The summed E-state index contributed by atoms with van der Waals surface area (Å²) in [5.41, 5.74) is 0. The Kier molecular flexibility index (Phi) is 11.2. The smallest absolute Gasteiger partial charge is 0.219 e. The van der Waals surface area contributed by atoms with Crippen molar-refractivity contribution in [1.82, 2.24) is 9.80 Å². The van der Waals surface area contributed by atoms with Crippen LogP contribution in [-0.4, -0.2) is 48.4 Å². The highest BCUT2D eigenvalue weighted by molar-refractivity contribution is 5.73. The van der Waals surface area contributed by atoms with Crippen LogP contribution in [0.25, 0.3) is 0 Å². The van der Waals surface area contributed by atoms with Gasteiger partial charge in [0, 0.05) is 32.6 Å². The molecule has 0 radical (unpaired) electrons. The molecule has 0 N–H and O–H groups in total. The normalized spacial score (nSPS) is 20.7. The van der Waals surface area contributed by atoms with Crippen LogP contribution in [0.15, 0.2) is 0 Å². The summed E-state index contributed by atoms with van der Waals surface area (Å²) in [7, 11) is 2.09. The molecule has 1 fully saturated rings. The summed E-state index contributed by atoms with van der Waals surface area (Å²) in [4.78, 5) is 15.2. The average Bonchev–Trinajstić information content (AvgIpc) is 2.23. The fourth-order valence-electron chi connectivity index (χ4n) is 1.61. The Morgan fingerprint density at radius 2 is 1.60 bits per heavy atom. The topological polar surface area (TPSA) is 23.6 Å². The Hall–Kier alpha value is -0.570. The van der Waals surface area contributed by atoms with Crippen LogP contribution in [0.5, 0.6) is 0 Å². The molecule has 3 nitrogen and oxygen atoms in total. The Morgan fingerprint density at radius 3 is 1.93 bits per heavy atom. The average molecular weight is 216 g/mol. The van der Waals surface area contributed by atoms with Crippen LogP contribution in [0.1, 0.15) is 41.5 Å². The number of piperazine rings is 1. The highest BCUT2D eigenvalue weighted by Gasteiger charge is 2.22. The van der Waals surface area contributed by atoms with Crippen molar-refractivity contribution in [3.05, 3.63) is 0 Å². The second-order valence-corrected chi connectivity index (χ2v) is 3.32. The zero-order valence-corrected chi connectivity index (χ0v) is 11.5. The zero-order chi connectivity index (χ0) is 12.4. The van der Waals surface area contributed by atoms with Crippen LogP contribution >= 0.6 is 0 Å². The molecule has 0 saturated carbocycles. The second kappa shape index (κ2) is 9.97. The third kappa shape index (κ3) is 6.50. The lowest BCUT2D eigenvalue weighted by Crippen LogP contribution is -2.52. The predicted molar refractivity (Wildman–Crippen MR) is 67.0 cm³/mol. The molecule has 1 atom stereocenters. The molecule has 1 heterocycles. The first-order valence-electron chi connectivity index (χ1n) is 6.07. The Balaban J connectivity index is 0. The highest BCUT2D eigenvalue weighted by atomic mass is 16.2. The van der Waals surface area contributed by atoms with E-state index >= 15 is 0 Å². The lowest BCUT2D eigenvalue weighted by atomic mass is 10.2. The maximum Gasteiger partial charge on any atom is 0.219 e. The van der Waals surface area contributed by atoms with Crippen LogP contribution in [0, 0.1) is 0 Å². The van der Waals surface area contributed by atoms with Crippen LogP contribution < -0.4 is 0 Å². The van der Waals surface area contributed by atoms with Gasteiger partial charge in [0.2, 0.25) is 5.91 Å². The zero-order valence-electron chi connectivity index (χ0n) is 11.5. The van der Waals surface area contributed by atoms with Crippen LogP contribution in [-0.2, 0) is 4.79 Å². The molecule has 1 unspecified atom stereocenters. The van der Waals surface area contributed by atoms with Crippen LogP contribution in [0.2, 0.25) is 0 Å². The maximum atomic E-state index is 11.0. The van der Waals surface area contributed by atoms with Gasteiger partial charge in [-0.1, -0.05) is 27.7 Å². The molecule has 0 aliphatic carbocycles. The van der Waals surface area contributed by atoms with Crippen molar-refractivity contribution < 1.29 is 4.79 Å². The summed E-state index contributed by atoms with van der Waals surface area (Å²) < 4.78 is 0. The van der Waals surface area contributed by atoms with Crippen molar-refractivity contribution in [3.8, 4) is 0 Å². The summed E-state index contributed by atoms with van der Waals surface area (Å²) in [6.07, 6.45) is 0. The fraction of sp³-hybridized carbons (Fsp3) is 0.917. The molecule has 0 aromatic heterocycles. The molecule has 0 aromatic rings. The minimum Gasteiger partial charge on any atom is -0.338 e. The molecule has 15 heavy (non-hydrogen) atoms. The van der Waals surface area contributed by atoms with Crippen molar-refractivity contribution in [3.63, 3.8) is 0 Å². The van der Waals surface area contributed by atoms with E-state index in [1.807, 2.05) is 32.6 Å². The fourth-order valence-corrected chi connectivity index (χ4v) is 1.61. The number of likely N-dealkylation sites (N-methyl/N-ethyl adjacent to an activating group) is 1. The second-order valence-electron chi connectivity index (χ2n) is 3.32. The molecule has 1 amide bonds. The first-order chi connectivity index (χ1) is 7.11. The monoisotopic (exact) mass is 216 g/mol. The molecule has 0 aromatic carbocycles. The van der Waals surface area contributed by atoms with Crippen LogP contribution in [0.4, 0.5) is 0 Å². The molecule has 1 aliphatic rings. The van der Waals surface area contributed by atoms with Gasteiger partial charge in [-0.05, 0) is 14.0 Å². The van der Waals surface area contributed by atoms with Gasteiger partial charge in [0.1, 0.15) is 0 Å². The minimum atomic E-state index is 0.200. The standard InChI is InChI=1S/C8H16N2O.2C2H6/c1-7-6-9(3)4-5-10(7)8(2)11;2*1-2/h7H,4-6H2,1-3H3;2*1-2H3. The SMILES string of the molecule is CC.CC.CC(=O)N1CCN(C)CC1C. The van der Waals surface area contributed by atoms with Crippen molar-refractivity contribution in [1.29, 1.82) is 0 Å². The molecule has 1 aliphatic heterocycles. The first kappa shape index (κ1) is 16.8. The van der Waals surface area contributed by atoms with E-state index in [0.29, 0.717) is 6.04 Å². The molecule has 0 bridgehead atoms. The quantitative estimate of drug-likeness (QED) is 0.620. The Bertz CT molecular complexity index is 160. The maximum absolute atomic E-state index is 11.0. The molecule has 3 heteroatoms. The summed E-state index contributed by atoms with van der Waals surface area (Å²) in [6, 6.07) is 0.381. The number of amides is 1. The number of nitrogens with zero attached hydrogens (tertiary/aromatic N) is 2. The summed E-state index contributed by atoms with van der Waals surface area (Å²) in [5.74, 6) is 0.200. The van der Waals surface area contributed by atoms with Gasteiger partial charge in [-0.3, -0.25) is 4.79 Å². The van der Waals surface area contributed by atoms with Gasteiger partial charge in [0.05, 0.1) is 0 Å². The minimum absolute atomic E-state index is 0.200. The van der Waals surface area contributed by atoms with Crippen LogP contribution in [0.3, 0.4) is 0 Å². The number of hydrogen-bond acceptors (Lipinski definition) is 2. The predicted octanol–water partition coefficient (Wildman–Crippen LogP) is 2.22. The third-order valence-corrected chi connectivity index (χ3v) is 2.24. The van der Waals surface area contributed by atoms with Gasteiger partial charge in [-0.15, -0.1) is 0 Å². The van der Waals surface area contributed by atoms with E-state index in [1.165, 1.54) is 0 Å². The number of carbonyl (C=O) groups is 1. The lowest BCUT2D eigenvalue weighted by molar-refractivity contribution is -0.132. The summed E-state index contributed by atoms with van der Waals surface area (Å²) in [5, 5.41) is 0. The third-order valence-electron chi connectivity index (χ3n) is 2.24. The van der Waals surface area contributed by atoms with E-state index in [-0.39, 0.29) is 5.91 Å². The molecular weight excluding hydrogens is 188 g/mol. The highest BCUT2D eigenvalue weighted by Crippen LogP contribution is 2.06. The first-order valence-corrected chi connectivity index (χ1v) is 6.07. The molecule has 0 spiro atoms. The summed E-state index contributed by atoms with van der Waals surface area (Å²) >= 11 is 0. The number of hydrogen-bond donors (Lipinski definition) is 0. The molecule has 1 saturated heterocycles. The van der Waals surface area contributed by atoms with E-state index in [0.717, 1.165) is 19.6 Å². The molecule has 92 valence electrons. The van der Waals surface area contributed by atoms with Gasteiger partial charge >= 0.3 is 0 Å². The van der Waals surface area contributed by atoms with E-state index in [4.69, 9.17) is 0 Å². The van der Waals surface area contributed by atoms with Gasteiger partial charge < -0.3 is 9.80 Å². The largest absolute Gasteiger partial charge is 0.338 e. The number of carbonyl (C=O) groups excluding carboxylic acids is 1. The van der Waals surface area contributed by atoms with E-state index in [2.05, 4.69) is 18.9 Å². The molecule has 1 rings (SSSR count). The number of rotatable bonds is 0. The Morgan fingerprint density at radius 1 is 1.13 bits per heavy atom. The van der Waals surface area contributed by atoms with Crippen molar-refractivity contribution in [2.45, 2.75) is 47.6 Å².